The lowest BCUT2D eigenvalue weighted by Gasteiger charge is -2.17. The summed E-state index contributed by atoms with van der Waals surface area (Å²) in [7, 11) is -2.55. The Hall–Kier alpha value is -2.20. The molecule has 1 fully saturated rings. The normalized spacial score (nSPS) is 19.8. The van der Waals surface area contributed by atoms with Crippen LogP contribution in [0.15, 0.2) is 53.4 Å². The maximum atomic E-state index is 13.1. The smallest absolute Gasteiger partial charge is 0.310 e. The molecule has 8 nitrogen and oxygen atoms in total. The van der Waals surface area contributed by atoms with Gasteiger partial charge < -0.3 is 10.5 Å². The lowest BCUT2D eigenvalue weighted by atomic mass is 9.89. The minimum Gasteiger partial charge on any atom is -0.490 e. The molecule has 3 rings (SSSR count). The zero-order valence-corrected chi connectivity index (χ0v) is 16.9. The summed E-state index contributed by atoms with van der Waals surface area (Å²) in [5.41, 5.74) is 6.66. The highest BCUT2D eigenvalue weighted by atomic mass is 35.5. The Morgan fingerprint density at radius 2 is 1.89 bits per heavy atom. The van der Waals surface area contributed by atoms with Gasteiger partial charge >= 0.3 is 5.69 Å². The van der Waals surface area contributed by atoms with Crippen LogP contribution >= 0.6 is 12.4 Å². The van der Waals surface area contributed by atoms with Gasteiger partial charge in [-0.3, -0.25) is 10.1 Å². The number of hydrogen-bond acceptors (Lipinski definition) is 6. The SMILES string of the molecule is COc1cc(S(=O)(=O)N2C[C@@H](CN)[C@H](c3ccccc3)C2)ccc1[N+](=O)[O-].Cl. The van der Waals surface area contributed by atoms with E-state index in [2.05, 4.69) is 0 Å². The van der Waals surface area contributed by atoms with Gasteiger partial charge in [-0.25, -0.2) is 8.42 Å². The van der Waals surface area contributed by atoms with E-state index in [1.807, 2.05) is 30.3 Å². The second kappa shape index (κ2) is 8.87. The molecule has 0 aliphatic carbocycles. The standard InChI is InChI=1S/C18H21N3O5S.ClH/c1-26-18-9-15(7-8-17(18)21(22)23)27(24,25)20-11-14(10-19)16(12-20)13-5-3-2-4-6-13;/h2-9,14,16H,10-12,19H2,1H3;1H/t14-,16+;/m1./s1. The first-order chi connectivity index (χ1) is 12.9. The first-order valence-corrected chi connectivity index (χ1v) is 9.90. The highest BCUT2D eigenvalue weighted by Crippen LogP contribution is 2.37. The van der Waals surface area contributed by atoms with Gasteiger partial charge in [0.05, 0.1) is 16.9 Å². The van der Waals surface area contributed by atoms with Crippen molar-refractivity contribution in [1.82, 2.24) is 4.31 Å². The molecular formula is C18H22ClN3O5S. The van der Waals surface area contributed by atoms with Crippen LogP contribution in [0.5, 0.6) is 5.75 Å². The molecule has 2 aromatic rings. The van der Waals surface area contributed by atoms with E-state index < -0.39 is 14.9 Å². The van der Waals surface area contributed by atoms with Crippen LogP contribution in [-0.2, 0) is 10.0 Å². The summed E-state index contributed by atoms with van der Waals surface area (Å²) in [5, 5.41) is 11.0. The number of nitro groups is 1. The van der Waals surface area contributed by atoms with Crippen molar-refractivity contribution in [2.75, 3.05) is 26.7 Å². The molecule has 0 amide bonds. The maximum absolute atomic E-state index is 13.1. The molecule has 0 radical (unpaired) electrons. The lowest BCUT2D eigenvalue weighted by Crippen LogP contribution is -2.30. The molecule has 0 unspecified atom stereocenters. The van der Waals surface area contributed by atoms with Crippen LogP contribution < -0.4 is 10.5 Å². The molecule has 2 N–H and O–H groups in total. The summed E-state index contributed by atoms with van der Waals surface area (Å²) in [6, 6.07) is 13.3. The monoisotopic (exact) mass is 427 g/mol. The highest BCUT2D eigenvalue weighted by molar-refractivity contribution is 7.89. The molecular weight excluding hydrogens is 406 g/mol. The van der Waals surface area contributed by atoms with E-state index in [9.17, 15) is 18.5 Å². The molecule has 1 saturated heterocycles. The molecule has 10 heteroatoms. The molecule has 28 heavy (non-hydrogen) atoms. The second-order valence-corrected chi connectivity index (χ2v) is 8.36. The van der Waals surface area contributed by atoms with E-state index in [0.29, 0.717) is 19.6 Å². The van der Waals surface area contributed by atoms with Gasteiger partial charge in [0.25, 0.3) is 0 Å². The molecule has 1 heterocycles. The van der Waals surface area contributed by atoms with Crippen LogP contribution in [0.2, 0.25) is 0 Å². The number of sulfonamides is 1. The van der Waals surface area contributed by atoms with Crippen molar-refractivity contribution in [1.29, 1.82) is 0 Å². The molecule has 2 aromatic carbocycles. The number of halogens is 1. The number of nitrogens with zero attached hydrogens (tertiary/aromatic N) is 2. The first-order valence-electron chi connectivity index (χ1n) is 8.46. The van der Waals surface area contributed by atoms with Crippen molar-refractivity contribution >= 4 is 28.1 Å². The highest BCUT2D eigenvalue weighted by Gasteiger charge is 2.39. The number of methoxy groups -OCH3 is 1. The molecule has 0 bridgehead atoms. The van der Waals surface area contributed by atoms with Gasteiger partial charge in [0.15, 0.2) is 5.75 Å². The summed E-state index contributed by atoms with van der Waals surface area (Å²) < 4.78 is 32.5. The minimum atomic E-state index is -3.82. The molecule has 0 saturated carbocycles. The van der Waals surface area contributed by atoms with E-state index in [0.717, 1.165) is 11.6 Å². The van der Waals surface area contributed by atoms with Gasteiger partial charge in [-0.2, -0.15) is 4.31 Å². The third-order valence-corrected chi connectivity index (χ3v) is 6.75. The summed E-state index contributed by atoms with van der Waals surface area (Å²) in [6.45, 7) is 0.986. The third kappa shape index (κ3) is 4.12. The zero-order valence-electron chi connectivity index (χ0n) is 15.2. The van der Waals surface area contributed by atoms with Gasteiger partial charge in [-0.05, 0) is 24.1 Å². The Kier molecular flexibility index (Phi) is 7.00. The fourth-order valence-corrected chi connectivity index (χ4v) is 5.00. The van der Waals surface area contributed by atoms with Crippen LogP contribution in [0.1, 0.15) is 11.5 Å². The summed E-state index contributed by atoms with van der Waals surface area (Å²) in [6.07, 6.45) is 0. The molecule has 1 aliphatic heterocycles. The molecule has 1 aliphatic rings. The fraction of sp³-hybridized carbons (Fsp3) is 0.333. The predicted molar refractivity (Wildman–Crippen MR) is 107 cm³/mol. The van der Waals surface area contributed by atoms with Crippen molar-refractivity contribution in [3.8, 4) is 5.75 Å². The maximum Gasteiger partial charge on any atom is 0.310 e. The summed E-state index contributed by atoms with van der Waals surface area (Å²) in [5.74, 6) is -0.0803. The van der Waals surface area contributed by atoms with Crippen LogP contribution in [0.3, 0.4) is 0 Å². The van der Waals surface area contributed by atoms with E-state index >= 15 is 0 Å². The molecule has 0 aromatic heterocycles. The summed E-state index contributed by atoms with van der Waals surface area (Å²) in [4.78, 5) is 10.4. The number of nitrogens with two attached hydrogens (primary N) is 1. The van der Waals surface area contributed by atoms with Crippen LogP contribution in [0.4, 0.5) is 5.69 Å². The first kappa shape index (κ1) is 22.1. The topological polar surface area (TPSA) is 116 Å². The third-order valence-electron chi connectivity index (χ3n) is 4.92. The van der Waals surface area contributed by atoms with E-state index in [4.69, 9.17) is 10.5 Å². The van der Waals surface area contributed by atoms with Gasteiger partial charge in [-0.15, -0.1) is 12.4 Å². The quantitative estimate of drug-likeness (QED) is 0.559. The zero-order chi connectivity index (χ0) is 19.6. The van der Waals surface area contributed by atoms with Crippen molar-refractivity contribution < 1.29 is 18.1 Å². The number of ether oxygens (including phenoxy) is 1. The Labute approximate surface area is 169 Å². The van der Waals surface area contributed by atoms with Crippen molar-refractivity contribution in [2.24, 2.45) is 11.7 Å². The molecule has 152 valence electrons. The Morgan fingerprint density at radius 3 is 2.46 bits per heavy atom. The Morgan fingerprint density at radius 1 is 1.21 bits per heavy atom. The van der Waals surface area contributed by atoms with Gasteiger partial charge in [-0.1, -0.05) is 30.3 Å². The summed E-state index contributed by atoms with van der Waals surface area (Å²) >= 11 is 0. The van der Waals surface area contributed by atoms with E-state index in [1.165, 1.54) is 23.5 Å². The average Bonchev–Trinajstić information content (AvgIpc) is 3.13. The second-order valence-electron chi connectivity index (χ2n) is 6.43. The molecule has 0 spiro atoms. The fourth-order valence-electron chi connectivity index (χ4n) is 3.46. The van der Waals surface area contributed by atoms with Crippen molar-refractivity contribution in [2.45, 2.75) is 10.8 Å². The van der Waals surface area contributed by atoms with Gasteiger partial charge in [0, 0.05) is 31.1 Å². The van der Waals surface area contributed by atoms with Crippen LogP contribution in [0, 0.1) is 16.0 Å². The lowest BCUT2D eigenvalue weighted by molar-refractivity contribution is -0.385. The van der Waals surface area contributed by atoms with Crippen LogP contribution in [0.25, 0.3) is 0 Å². The Balaban J connectivity index is 0.00000280. The van der Waals surface area contributed by atoms with E-state index in [1.54, 1.807) is 0 Å². The van der Waals surface area contributed by atoms with Gasteiger partial charge in [0.2, 0.25) is 10.0 Å². The molecule has 2 atom stereocenters. The number of hydrogen-bond donors (Lipinski definition) is 1. The van der Waals surface area contributed by atoms with Gasteiger partial charge in [0.1, 0.15) is 0 Å². The van der Waals surface area contributed by atoms with Crippen molar-refractivity contribution in [3.05, 3.63) is 64.2 Å². The number of benzene rings is 2. The largest absolute Gasteiger partial charge is 0.490 e. The van der Waals surface area contributed by atoms with E-state index in [-0.39, 0.29) is 40.6 Å². The van der Waals surface area contributed by atoms with Crippen molar-refractivity contribution in [3.63, 3.8) is 0 Å². The van der Waals surface area contributed by atoms with Crippen LogP contribution in [-0.4, -0.2) is 44.4 Å². The minimum absolute atomic E-state index is 0. The number of rotatable bonds is 6. The average molecular weight is 428 g/mol. The number of nitro benzene ring substituents is 1. The Bertz CT molecular complexity index is 939. The predicted octanol–water partition coefficient (Wildman–Crippen LogP) is 2.39.